The number of carbonyl (C=O) groups is 1. The van der Waals surface area contributed by atoms with E-state index in [2.05, 4.69) is 17.9 Å². The number of hydrogen-bond acceptors (Lipinski definition) is 5. The number of rotatable bonds is 1. The first-order valence-electron chi connectivity index (χ1n) is 5.16. The quantitative estimate of drug-likeness (QED) is 0.775. The van der Waals surface area contributed by atoms with E-state index in [0.717, 1.165) is 11.3 Å². The third-order valence-electron chi connectivity index (χ3n) is 2.82. The Morgan fingerprint density at radius 3 is 2.82 bits per heavy atom. The van der Waals surface area contributed by atoms with Crippen molar-refractivity contribution in [3.63, 3.8) is 0 Å². The summed E-state index contributed by atoms with van der Waals surface area (Å²) >= 11 is 5.35. The molecule has 0 aromatic carbocycles. The molecule has 4 nitrogen and oxygen atoms in total. The van der Waals surface area contributed by atoms with Crippen molar-refractivity contribution in [3.8, 4) is 0 Å². The third-order valence-corrected chi connectivity index (χ3v) is 6.92. The van der Waals surface area contributed by atoms with Gasteiger partial charge in [-0.05, 0) is 19.4 Å². The average Bonchev–Trinajstić information content (AvgIpc) is 2.57. The van der Waals surface area contributed by atoms with Gasteiger partial charge in [-0.1, -0.05) is 0 Å². The summed E-state index contributed by atoms with van der Waals surface area (Å²) in [5, 5.41) is 2.31. The molecule has 1 aliphatic heterocycles. The molecule has 0 spiro atoms. The third kappa shape index (κ3) is 2.23. The lowest BCUT2D eigenvalue weighted by molar-refractivity contribution is -0.119. The molecule has 1 N–H and O–H groups in total. The van der Waals surface area contributed by atoms with Crippen LogP contribution in [0.1, 0.15) is 31.9 Å². The predicted molar refractivity (Wildman–Crippen MR) is 69.4 cm³/mol. The van der Waals surface area contributed by atoms with Crippen molar-refractivity contribution in [1.82, 2.24) is 5.32 Å². The average molecular weight is 291 g/mol. The molecule has 0 saturated heterocycles. The van der Waals surface area contributed by atoms with Crippen LogP contribution in [-0.2, 0) is 14.6 Å². The van der Waals surface area contributed by atoms with Crippen LogP contribution in [0, 0.1) is 0 Å². The molecule has 1 aromatic rings. The fourth-order valence-electron chi connectivity index (χ4n) is 1.99. The van der Waals surface area contributed by atoms with Crippen molar-refractivity contribution in [2.75, 3.05) is 0 Å². The highest BCUT2D eigenvalue weighted by atomic mass is 32.2. The molecule has 0 radical (unpaired) electrons. The Morgan fingerprint density at radius 2 is 2.24 bits per heavy atom. The van der Waals surface area contributed by atoms with Gasteiger partial charge in [0.05, 0.1) is 15.5 Å². The molecule has 0 saturated carbocycles. The second kappa shape index (κ2) is 4.29. The van der Waals surface area contributed by atoms with Crippen LogP contribution in [0.3, 0.4) is 0 Å². The van der Waals surface area contributed by atoms with E-state index >= 15 is 0 Å². The molecule has 17 heavy (non-hydrogen) atoms. The van der Waals surface area contributed by atoms with Crippen molar-refractivity contribution in [2.24, 2.45) is 0 Å². The minimum Gasteiger partial charge on any atom is -0.349 e. The van der Waals surface area contributed by atoms with Gasteiger partial charge in [0, 0.05) is 12.5 Å². The summed E-state index contributed by atoms with van der Waals surface area (Å²) in [5.41, 5.74) is 0.674. The van der Waals surface area contributed by atoms with Gasteiger partial charge in [-0.25, -0.2) is 8.42 Å². The Kier molecular flexibility index (Phi) is 3.26. The van der Waals surface area contributed by atoms with E-state index in [1.54, 1.807) is 13.0 Å². The van der Waals surface area contributed by atoms with Crippen molar-refractivity contribution >= 4 is 39.7 Å². The highest BCUT2D eigenvalue weighted by Crippen LogP contribution is 2.42. The number of sulfone groups is 1. The summed E-state index contributed by atoms with van der Waals surface area (Å²) < 4.78 is 25.2. The van der Waals surface area contributed by atoms with Crippen molar-refractivity contribution in [3.05, 3.63) is 11.6 Å². The lowest BCUT2D eigenvalue weighted by atomic mass is 10.1. The van der Waals surface area contributed by atoms with Crippen molar-refractivity contribution in [1.29, 1.82) is 0 Å². The summed E-state index contributed by atoms with van der Waals surface area (Å²) in [6.07, 6.45) is 0.416. The van der Waals surface area contributed by atoms with Gasteiger partial charge < -0.3 is 5.32 Å². The fraction of sp³-hybridized carbons (Fsp3) is 0.500. The van der Waals surface area contributed by atoms with Crippen LogP contribution in [-0.4, -0.2) is 19.6 Å². The summed E-state index contributed by atoms with van der Waals surface area (Å²) in [7, 11) is -3.25. The van der Waals surface area contributed by atoms with Crippen LogP contribution in [0.2, 0.25) is 0 Å². The first-order chi connectivity index (χ1) is 7.82. The summed E-state index contributed by atoms with van der Waals surface area (Å²) in [4.78, 5) is 11.1. The molecule has 0 bridgehead atoms. The molecule has 1 amide bonds. The number of fused-ring (bicyclic) bond motifs is 1. The maximum absolute atomic E-state index is 12.1. The van der Waals surface area contributed by atoms with Gasteiger partial charge in [-0.15, -0.1) is 24.0 Å². The largest absolute Gasteiger partial charge is 0.349 e. The normalized spacial score (nSPS) is 26.3. The van der Waals surface area contributed by atoms with Gasteiger partial charge in [0.2, 0.25) is 5.91 Å². The maximum atomic E-state index is 12.1. The van der Waals surface area contributed by atoms with E-state index in [0.29, 0.717) is 20.4 Å². The van der Waals surface area contributed by atoms with E-state index in [-0.39, 0.29) is 11.9 Å². The molecule has 0 unspecified atom stereocenters. The number of hydrogen-bond donors (Lipinski definition) is 2. The van der Waals surface area contributed by atoms with Crippen molar-refractivity contribution < 1.29 is 13.2 Å². The zero-order chi connectivity index (χ0) is 12.8. The monoisotopic (exact) mass is 291 g/mol. The molecule has 1 aliphatic rings. The number of nitrogens with one attached hydrogen (secondary N) is 1. The van der Waals surface area contributed by atoms with Gasteiger partial charge in [-0.2, -0.15) is 0 Å². The Hall–Kier alpha value is -0.530. The van der Waals surface area contributed by atoms with Gasteiger partial charge in [0.1, 0.15) is 4.21 Å². The first kappa shape index (κ1) is 12.9. The van der Waals surface area contributed by atoms with Gasteiger partial charge in [0.25, 0.3) is 0 Å². The lowest BCUT2D eigenvalue weighted by Gasteiger charge is -2.27. The zero-order valence-corrected chi connectivity index (χ0v) is 12.0. The van der Waals surface area contributed by atoms with Gasteiger partial charge >= 0.3 is 0 Å². The number of thiophene rings is 1. The standard InChI is InChI=1S/C10H13NO3S3/c1-5-3-8(11-6(2)12)7-4-9(15)16-10(7)17(5,13)14/h4-5,8,15H,3H2,1-2H3,(H,11,12)/t5-,8+/m1/s1. The van der Waals surface area contributed by atoms with E-state index in [1.165, 1.54) is 6.92 Å². The van der Waals surface area contributed by atoms with Crippen LogP contribution < -0.4 is 5.32 Å². The van der Waals surface area contributed by atoms with Crippen LogP contribution >= 0.6 is 24.0 Å². The molecule has 94 valence electrons. The lowest BCUT2D eigenvalue weighted by Crippen LogP contribution is -2.35. The summed E-state index contributed by atoms with van der Waals surface area (Å²) in [6, 6.07) is 1.51. The fourth-order valence-corrected chi connectivity index (χ4v) is 5.85. The Morgan fingerprint density at radius 1 is 1.59 bits per heavy atom. The SMILES string of the molecule is CC(=O)N[C@H]1C[C@@H](C)S(=O)(=O)c2sc(S)cc21. The van der Waals surface area contributed by atoms with E-state index < -0.39 is 15.1 Å². The molecule has 1 aromatic heterocycles. The Labute approximate surface area is 110 Å². The zero-order valence-electron chi connectivity index (χ0n) is 9.43. The maximum Gasteiger partial charge on any atom is 0.217 e. The molecule has 2 rings (SSSR count). The predicted octanol–water partition coefficient (Wildman–Crippen LogP) is 1.78. The number of amides is 1. The first-order valence-corrected chi connectivity index (χ1v) is 7.97. The molecule has 2 heterocycles. The smallest absolute Gasteiger partial charge is 0.217 e. The molecular weight excluding hydrogens is 278 g/mol. The topological polar surface area (TPSA) is 63.2 Å². The summed E-state index contributed by atoms with van der Waals surface area (Å²) in [5.74, 6) is -0.153. The number of carbonyl (C=O) groups excluding carboxylic acids is 1. The van der Waals surface area contributed by atoms with Crippen LogP contribution in [0.5, 0.6) is 0 Å². The minimum absolute atomic E-state index is 0.153. The van der Waals surface area contributed by atoms with Crippen molar-refractivity contribution in [2.45, 2.75) is 40.0 Å². The summed E-state index contributed by atoms with van der Waals surface area (Å²) in [6.45, 7) is 3.10. The Bertz CT molecular complexity index is 561. The van der Waals surface area contributed by atoms with E-state index in [4.69, 9.17) is 0 Å². The van der Waals surface area contributed by atoms with E-state index in [9.17, 15) is 13.2 Å². The second-order valence-corrected chi connectivity index (χ2v) is 8.57. The molecule has 0 fully saturated rings. The highest BCUT2D eigenvalue weighted by Gasteiger charge is 2.38. The molecule has 0 aliphatic carbocycles. The van der Waals surface area contributed by atoms with Crippen LogP contribution in [0.15, 0.2) is 14.5 Å². The Balaban J connectivity index is 2.53. The molecule has 7 heteroatoms. The highest BCUT2D eigenvalue weighted by molar-refractivity contribution is 7.94. The van der Waals surface area contributed by atoms with E-state index in [1.807, 2.05) is 0 Å². The molecular formula is C10H13NO3S3. The molecule has 2 atom stereocenters. The van der Waals surface area contributed by atoms with Gasteiger partial charge in [-0.3, -0.25) is 4.79 Å². The second-order valence-electron chi connectivity index (χ2n) is 4.17. The van der Waals surface area contributed by atoms with Crippen LogP contribution in [0.25, 0.3) is 0 Å². The minimum atomic E-state index is -3.25. The van der Waals surface area contributed by atoms with Gasteiger partial charge in [0.15, 0.2) is 9.84 Å². The number of thiol groups is 1. The van der Waals surface area contributed by atoms with Crippen LogP contribution in [0.4, 0.5) is 0 Å².